The summed E-state index contributed by atoms with van der Waals surface area (Å²) in [6, 6.07) is 0. The van der Waals surface area contributed by atoms with Crippen molar-refractivity contribution in [3.63, 3.8) is 0 Å². The quantitative estimate of drug-likeness (QED) is 0.0222. The fourth-order valence-corrected chi connectivity index (χ4v) is 12.5. The minimum Gasteiger partial charge on any atom is -0.462 e. The van der Waals surface area contributed by atoms with Gasteiger partial charge in [0.15, 0.2) is 12.2 Å². The Morgan fingerprint density at radius 3 is 0.747 bits per heavy atom. The zero-order valence-electron chi connectivity index (χ0n) is 59.1. The van der Waals surface area contributed by atoms with E-state index >= 15 is 0 Å². The first-order valence-corrected chi connectivity index (χ1v) is 40.5. The van der Waals surface area contributed by atoms with E-state index in [9.17, 15) is 43.2 Å². The maximum atomic E-state index is 13.0. The Balaban J connectivity index is 5.15. The standard InChI is InChI=1S/C72H140O17P2/c1-7-9-11-13-15-17-30-36-42-48-54-69(74)82-60-67(88-71(76)56-50-44-37-31-18-16-14-12-10-8-2)62-86-90(78,79)84-58-66(73)59-85-91(80,81)87-63-68(61-83-70(75)55-49-43-39-33-35-41-47-53-65(5)6)89-72(77)57-51-45-38-32-28-26-24-22-20-19-21-23-25-27-29-34-40-46-52-64(3)4/h64-68,73H,7-63H2,1-6H3,(H,78,79)(H,80,81)/t66-,67+,68+/m0/s1. The molecule has 540 valence electrons. The van der Waals surface area contributed by atoms with E-state index in [1.54, 1.807) is 0 Å². The molecule has 0 saturated carbocycles. The van der Waals surface area contributed by atoms with Crippen molar-refractivity contribution >= 4 is 39.5 Å². The summed E-state index contributed by atoms with van der Waals surface area (Å²) in [5.41, 5.74) is 0. The van der Waals surface area contributed by atoms with Gasteiger partial charge in [0.05, 0.1) is 26.4 Å². The molecule has 0 saturated heterocycles. The van der Waals surface area contributed by atoms with Gasteiger partial charge in [-0.3, -0.25) is 37.3 Å². The van der Waals surface area contributed by atoms with Crippen LogP contribution in [0.4, 0.5) is 0 Å². The van der Waals surface area contributed by atoms with Crippen molar-refractivity contribution < 1.29 is 80.2 Å². The maximum Gasteiger partial charge on any atom is 0.472 e. The highest BCUT2D eigenvalue weighted by Gasteiger charge is 2.30. The molecule has 0 bridgehead atoms. The minimum atomic E-state index is -4.95. The van der Waals surface area contributed by atoms with Crippen LogP contribution in [0.5, 0.6) is 0 Å². The predicted molar refractivity (Wildman–Crippen MR) is 368 cm³/mol. The van der Waals surface area contributed by atoms with Crippen LogP contribution in [0.25, 0.3) is 0 Å². The number of carbonyl (C=O) groups excluding carboxylic acids is 4. The summed E-state index contributed by atoms with van der Waals surface area (Å²) in [5, 5.41) is 10.6. The van der Waals surface area contributed by atoms with Crippen molar-refractivity contribution in [2.24, 2.45) is 11.8 Å². The van der Waals surface area contributed by atoms with Gasteiger partial charge >= 0.3 is 39.5 Å². The Hall–Kier alpha value is -1.94. The lowest BCUT2D eigenvalue weighted by atomic mass is 10.0. The lowest BCUT2D eigenvalue weighted by molar-refractivity contribution is -0.161. The molecule has 2 unspecified atom stereocenters. The molecule has 0 aliphatic rings. The first kappa shape index (κ1) is 89.1. The second-order valence-corrected chi connectivity index (χ2v) is 29.8. The number of rotatable bonds is 71. The monoisotopic (exact) mass is 1340 g/mol. The average molecular weight is 1340 g/mol. The summed E-state index contributed by atoms with van der Waals surface area (Å²) >= 11 is 0. The zero-order valence-corrected chi connectivity index (χ0v) is 60.9. The number of unbranched alkanes of at least 4 members (excludes halogenated alkanes) is 41. The molecular weight excluding hydrogens is 1200 g/mol. The smallest absolute Gasteiger partial charge is 0.462 e. The number of ether oxygens (including phenoxy) is 4. The number of aliphatic hydroxyl groups is 1. The molecule has 0 fully saturated rings. The Morgan fingerprint density at radius 2 is 0.505 bits per heavy atom. The number of phosphoric ester groups is 2. The first-order valence-electron chi connectivity index (χ1n) is 37.5. The highest BCUT2D eigenvalue weighted by Crippen LogP contribution is 2.45. The van der Waals surface area contributed by atoms with E-state index in [4.69, 9.17) is 37.0 Å². The number of aliphatic hydroxyl groups excluding tert-OH is 1. The van der Waals surface area contributed by atoms with Crippen LogP contribution in [0, 0.1) is 11.8 Å². The molecule has 3 N–H and O–H groups in total. The summed E-state index contributed by atoms with van der Waals surface area (Å²) in [6.45, 7) is 9.52. The van der Waals surface area contributed by atoms with Gasteiger partial charge in [-0.2, -0.15) is 0 Å². The van der Waals surface area contributed by atoms with Crippen molar-refractivity contribution in [3.8, 4) is 0 Å². The fourth-order valence-electron chi connectivity index (χ4n) is 10.9. The van der Waals surface area contributed by atoms with E-state index in [0.29, 0.717) is 31.6 Å². The van der Waals surface area contributed by atoms with Crippen LogP contribution in [-0.2, 0) is 65.4 Å². The van der Waals surface area contributed by atoms with Gasteiger partial charge in [0.2, 0.25) is 0 Å². The van der Waals surface area contributed by atoms with Crippen LogP contribution in [0.15, 0.2) is 0 Å². The number of carbonyl (C=O) groups is 4. The molecule has 19 heteroatoms. The molecule has 0 rings (SSSR count). The van der Waals surface area contributed by atoms with Gasteiger partial charge in [0.25, 0.3) is 0 Å². The lowest BCUT2D eigenvalue weighted by Gasteiger charge is -2.21. The second-order valence-electron chi connectivity index (χ2n) is 26.9. The molecule has 0 radical (unpaired) electrons. The van der Waals surface area contributed by atoms with Crippen LogP contribution in [0.2, 0.25) is 0 Å². The maximum absolute atomic E-state index is 13.0. The molecule has 0 spiro atoms. The van der Waals surface area contributed by atoms with E-state index in [-0.39, 0.29) is 25.7 Å². The van der Waals surface area contributed by atoms with Gasteiger partial charge in [-0.25, -0.2) is 9.13 Å². The highest BCUT2D eigenvalue weighted by atomic mass is 31.2. The van der Waals surface area contributed by atoms with Crippen LogP contribution in [-0.4, -0.2) is 96.7 Å². The van der Waals surface area contributed by atoms with E-state index in [1.807, 2.05) is 0 Å². The Morgan fingerprint density at radius 1 is 0.297 bits per heavy atom. The molecule has 0 aromatic rings. The summed E-state index contributed by atoms with van der Waals surface area (Å²) in [5.74, 6) is -0.598. The van der Waals surface area contributed by atoms with Crippen LogP contribution in [0.3, 0.4) is 0 Å². The fraction of sp³-hybridized carbons (Fsp3) is 0.944. The molecule has 0 aromatic heterocycles. The SMILES string of the molecule is CCCCCCCCCCCCC(=O)OC[C@H](COP(=O)(O)OC[C@H](O)COP(=O)(O)OC[C@@H](COC(=O)CCCCCCCCCC(C)C)OC(=O)CCCCCCCCCCCCCCCCCCCCC(C)C)OC(=O)CCCCCCCCCCCC. The second kappa shape index (κ2) is 64.1. The zero-order chi connectivity index (χ0) is 67.2. The van der Waals surface area contributed by atoms with E-state index in [0.717, 1.165) is 102 Å². The van der Waals surface area contributed by atoms with Crippen LogP contribution >= 0.6 is 15.6 Å². The third kappa shape index (κ3) is 66.5. The number of esters is 4. The molecule has 17 nitrogen and oxygen atoms in total. The summed E-state index contributed by atoms with van der Waals surface area (Å²) < 4.78 is 68.2. The number of phosphoric acid groups is 2. The van der Waals surface area contributed by atoms with E-state index in [2.05, 4.69) is 41.5 Å². The van der Waals surface area contributed by atoms with Gasteiger partial charge in [-0.1, -0.05) is 318 Å². The number of hydrogen-bond acceptors (Lipinski definition) is 15. The summed E-state index contributed by atoms with van der Waals surface area (Å²) in [4.78, 5) is 72.5. The van der Waals surface area contributed by atoms with Crippen LogP contribution in [0.1, 0.15) is 369 Å². The van der Waals surface area contributed by atoms with E-state index < -0.39 is 97.5 Å². The van der Waals surface area contributed by atoms with Crippen molar-refractivity contribution in [3.05, 3.63) is 0 Å². The van der Waals surface area contributed by atoms with Gasteiger partial charge in [-0.05, 0) is 37.5 Å². The number of hydrogen-bond donors (Lipinski definition) is 3. The Bertz CT molecular complexity index is 1770. The normalized spacial score (nSPS) is 14.1. The molecular formula is C72H140O17P2. The molecule has 0 aliphatic carbocycles. The molecule has 0 amide bonds. The average Bonchev–Trinajstić information content (AvgIpc) is 3.65. The van der Waals surface area contributed by atoms with Crippen LogP contribution < -0.4 is 0 Å². The van der Waals surface area contributed by atoms with Crippen molar-refractivity contribution in [2.45, 2.75) is 387 Å². The summed E-state index contributed by atoms with van der Waals surface area (Å²) in [7, 11) is -9.90. The minimum absolute atomic E-state index is 0.106. The Labute approximate surface area is 556 Å². The molecule has 91 heavy (non-hydrogen) atoms. The van der Waals surface area contributed by atoms with E-state index in [1.165, 1.54) is 180 Å². The molecule has 0 heterocycles. The van der Waals surface area contributed by atoms with Gasteiger partial charge in [0.1, 0.15) is 19.3 Å². The van der Waals surface area contributed by atoms with Crippen molar-refractivity contribution in [1.82, 2.24) is 0 Å². The van der Waals surface area contributed by atoms with Gasteiger partial charge in [0, 0.05) is 25.7 Å². The van der Waals surface area contributed by atoms with Gasteiger partial charge in [-0.15, -0.1) is 0 Å². The lowest BCUT2D eigenvalue weighted by Crippen LogP contribution is -2.30. The molecule has 0 aliphatic heterocycles. The first-order chi connectivity index (χ1) is 43.9. The van der Waals surface area contributed by atoms with Gasteiger partial charge < -0.3 is 33.8 Å². The molecule has 0 aromatic carbocycles. The largest absolute Gasteiger partial charge is 0.472 e. The van der Waals surface area contributed by atoms with Crippen molar-refractivity contribution in [2.75, 3.05) is 39.6 Å². The third-order valence-corrected chi connectivity index (χ3v) is 18.6. The third-order valence-electron chi connectivity index (χ3n) is 16.7. The Kier molecular flexibility index (Phi) is 62.7. The predicted octanol–water partition coefficient (Wildman–Crippen LogP) is 20.8. The molecule has 5 atom stereocenters. The summed E-state index contributed by atoms with van der Waals surface area (Å²) in [6.07, 6.45) is 50.1. The van der Waals surface area contributed by atoms with Crippen molar-refractivity contribution in [1.29, 1.82) is 0 Å². The highest BCUT2D eigenvalue weighted by molar-refractivity contribution is 7.47. The topological polar surface area (TPSA) is 237 Å².